The molecule has 0 aliphatic rings. The van der Waals surface area contributed by atoms with E-state index in [0.29, 0.717) is 28.7 Å². The zero-order chi connectivity index (χ0) is 15.4. The lowest BCUT2D eigenvalue weighted by Crippen LogP contribution is -2.22. The quantitative estimate of drug-likeness (QED) is 0.752. The minimum atomic E-state index is -0.860. The van der Waals surface area contributed by atoms with Crippen LogP contribution in [-0.2, 0) is 4.79 Å². The SMILES string of the molecule is CCC(CNc1cc(C(N)=O)c2ccccc2n1)C(=O)O. The van der Waals surface area contributed by atoms with E-state index in [9.17, 15) is 9.59 Å². The average molecular weight is 287 g/mol. The second-order valence-electron chi connectivity index (χ2n) is 4.76. The number of aliphatic carboxylic acids is 1. The number of para-hydroxylation sites is 1. The monoisotopic (exact) mass is 287 g/mol. The molecule has 1 aromatic heterocycles. The van der Waals surface area contributed by atoms with Gasteiger partial charge in [-0.15, -0.1) is 0 Å². The average Bonchev–Trinajstić information content (AvgIpc) is 2.46. The Balaban J connectivity index is 2.32. The summed E-state index contributed by atoms with van der Waals surface area (Å²) in [6.45, 7) is 2.05. The van der Waals surface area contributed by atoms with Gasteiger partial charge in [0, 0.05) is 11.9 Å². The highest BCUT2D eigenvalue weighted by Gasteiger charge is 2.16. The number of nitrogens with one attached hydrogen (secondary N) is 1. The maximum Gasteiger partial charge on any atom is 0.308 e. The summed E-state index contributed by atoms with van der Waals surface area (Å²) in [5.74, 6) is -1.46. The van der Waals surface area contributed by atoms with Crippen molar-refractivity contribution >= 4 is 28.6 Å². The maximum absolute atomic E-state index is 11.5. The molecule has 1 heterocycles. The number of carbonyl (C=O) groups excluding carboxylic acids is 1. The Bertz CT molecular complexity index is 685. The summed E-state index contributed by atoms with van der Waals surface area (Å²) >= 11 is 0. The van der Waals surface area contributed by atoms with Crippen LogP contribution in [0, 0.1) is 5.92 Å². The van der Waals surface area contributed by atoms with Gasteiger partial charge in [0.05, 0.1) is 17.0 Å². The number of pyridine rings is 1. The highest BCUT2D eigenvalue weighted by Crippen LogP contribution is 2.20. The van der Waals surface area contributed by atoms with Gasteiger partial charge in [0.25, 0.3) is 0 Å². The molecule has 0 aliphatic carbocycles. The van der Waals surface area contributed by atoms with Crippen LogP contribution in [0.25, 0.3) is 10.9 Å². The number of aromatic nitrogens is 1. The molecule has 4 N–H and O–H groups in total. The summed E-state index contributed by atoms with van der Waals surface area (Å²) in [5, 5.41) is 12.7. The van der Waals surface area contributed by atoms with E-state index < -0.39 is 17.8 Å². The number of carbonyl (C=O) groups is 2. The van der Waals surface area contributed by atoms with Crippen LogP contribution < -0.4 is 11.1 Å². The molecule has 0 bridgehead atoms. The summed E-state index contributed by atoms with van der Waals surface area (Å²) < 4.78 is 0. The van der Waals surface area contributed by atoms with E-state index in [1.807, 2.05) is 13.0 Å². The Hall–Kier alpha value is -2.63. The van der Waals surface area contributed by atoms with Crippen LogP contribution in [0.3, 0.4) is 0 Å². The van der Waals surface area contributed by atoms with Gasteiger partial charge in [0.15, 0.2) is 0 Å². The van der Waals surface area contributed by atoms with Crippen molar-refractivity contribution in [3.05, 3.63) is 35.9 Å². The molecule has 1 atom stereocenters. The van der Waals surface area contributed by atoms with Crippen molar-refractivity contribution in [2.45, 2.75) is 13.3 Å². The zero-order valence-electron chi connectivity index (χ0n) is 11.7. The van der Waals surface area contributed by atoms with Gasteiger partial charge in [-0.1, -0.05) is 25.1 Å². The van der Waals surface area contributed by atoms with E-state index in [0.717, 1.165) is 0 Å². The first kappa shape index (κ1) is 14.8. The van der Waals surface area contributed by atoms with Gasteiger partial charge < -0.3 is 16.2 Å². The van der Waals surface area contributed by atoms with Crippen molar-refractivity contribution in [1.29, 1.82) is 0 Å². The molecule has 0 fully saturated rings. The molecule has 1 unspecified atom stereocenters. The number of primary amides is 1. The zero-order valence-corrected chi connectivity index (χ0v) is 11.7. The van der Waals surface area contributed by atoms with Crippen molar-refractivity contribution in [2.75, 3.05) is 11.9 Å². The third-order valence-electron chi connectivity index (χ3n) is 3.35. The summed E-state index contributed by atoms with van der Waals surface area (Å²) in [6, 6.07) is 8.73. The number of nitrogens with zero attached hydrogens (tertiary/aromatic N) is 1. The van der Waals surface area contributed by atoms with Crippen LogP contribution >= 0.6 is 0 Å². The lowest BCUT2D eigenvalue weighted by molar-refractivity contribution is -0.141. The van der Waals surface area contributed by atoms with Gasteiger partial charge >= 0.3 is 5.97 Å². The van der Waals surface area contributed by atoms with Crippen molar-refractivity contribution in [2.24, 2.45) is 11.7 Å². The number of hydrogen-bond donors (Lipinski definition) is 3. The Morgan fingerprint density at radius 1 is 1.38 bits per heavy atom. The number of nitrogens with two attached hydrogens (primary N) is 1. The number of hydrogen-bond acceptors (Lipinski definition) is 4. The lowest BCUT2D eigenvalue weighted by atomic mass is 10.1. The summed E-state index contributed by atoms with van der Waals surface area (Å²) in [4.78, 5) is 26.9. The highest BCUT2D eigenvalue weighted by molar-refractivity contribution is 6.06. The fourth-order valence-corrected chi connectivity index (χ4v) is 2.10. The molecule has 2 rings (SSSR count). The molecule has 2 aromatic rings. The number of rotatable bonds is 6. The van der Waals surface area contributed by atoms with E-state index in [1.54, 1.807) is 24.3 Å². The second-order valence-corrected chi connectivity index (χ2v) is 4.76. The molecule has 1 amide bonds. The smallest absolute Gasteiger partial charge is 0.308 e. The second kappa shape index (κ2) is 6.21. The number of fused-ring (bicyclic) bond motifs is 1. The van der Waals surface area contributed by atoms with Gasteiger partial charge in [-0.25, -0.2) is 4.98 Å². The number of carboxylic acid groups (broad SMARTS) is 1. The number of anilines is 1. The van der Waals surface area contributed by atoms with Crippen LogP contribution in [0.4, 0.5) is 5.82 Å². The van der Waals surface area contributed by atoms with Crippen LogP contribution in [0.15, 0.2) is 30.3 Å². The maximum atomic E-state index is 11.5. The predicted octanol–water partition coefficient (Wildman–Crippen LogP) is 1.86. The first-order valence-corrected chi connectivity index (χ1v) is 6.69. The fraction of sp³-hybridized carbons (Fsp3) is 0.267. The first-order valence-electron chi connectivity index (χ1n) is 6.69. The van der Waals surface area contributed by atoms with Gasteiger partial charge in [-0.2, -0.15) is 0 Å². The standard InChI is InChI=1S/C15H17N3O3/c1-2-9(15(20)21)8-17-13-7-11(14(16)19)10-5-3-4-6-12(10)18-13/h3-7,9H,2,8H2,1H3,(H2,16,19)(H,17,18)(H,20,21). The minimum absolute atomic E-state index is 0.245. The molecule has 0 aliphatic heterocycles. The third-order valence-corrected chi connectivity index (χ3v) is 3.35. The molecule has 6 heteroatoms. The molecular formula is C15H17N3O3. The summed E-state index contributed by atoms with van der Waals surface area (Å²) in [6.07, 6.45) is 0.512. The number of benzene rings is 1. The highest BCUT2D eigenvalue weighted by atomic mass is 16.4. The molecule has 0 radical (unpaired) electrons. The van der Waals surface area contributed by atoms with Crippen molar-refractivity contribution in [3.8, 4) is 0 Å². The molecule has 1 aromatic carbocycles. The largest absolute Gasteiger partial charge is 0.481 e. The number of amides is 1. The van der Waals surface area contributed by atoms with Crippen molar-refractivity contribution in [1.82, 2.24) is 4.98 Å². The lowest BCUT2D eigenvalue weighted by Gasteiger charge is -2.13. The van der Waals surface area contributed by atoms with Crippen molar-refractivity contribution in [3.63, 3.8) is 0 Å². The van der Waals surface area contributed by atoms with Gasteiger partial charge in [0.2, 0.25) is 5.91 Å². The van der Waals surface area contributed by atoms with E-state index >= 15 is 0 Å². The topological polar surface area (TPSA) is 105 Å². The Morgan fingerprint density at radius 3 is 2.71 bits per heavy atom. The van der Waals surface area contributed by atoms with Crippen LogP contribution in [0.2, 0.25) is 0 Å². The fourth-order valence-electron chi connectivity index (χ4n) is 2.10. The minimum Gasteiger partial charge on any atom is -0.481 e. The first-order chi connectivity index (χ1) is 10.0. The molecule has 110 valence electrons. The molecule has 6 nitrogen and oxygen atoms in total. The third kappa shape index (κ3) is 3.28. The van der Waals surface area contributed by atoms with E-state index in [-0.39, 0.29) is 6.54 Å². The molecular weight excluding hydrogens is 270 g/mol. The Labute approximate surface area is 122 Å². The summed E-state index contributed by atoms with van der Waals surface area (Å²) in [7, 11) is 0. The summed E-state index contributed by atoms with van der Waals surface area (Å²) in [5.41, 5.74) is 6.40. The van der Waals surface area contributed by atoms with E-state index in [1.165, 1.54) is 0 Å². The molecule has 0 saturated carbocycles. The van der Waals surface area contributed by atoms with E-state index in [2.05, 4.69) is 10.3 Å². The molecule has 0 spiro atoms. The van der Waals surface area contributed by atoms with Crippen molar-refractivity contribution < 1.29 is 14.7 Å². The van der Waals surface area contributed by atoms with Gasteiger partial charge in [0.1, 0.15) is 5.82 Å². The molecule has 0 saturated heterocycles. The Kier molecular flexibility index (Phi) is 4.37. The molecule has 21 heavy (non-hydrogen) atoms. The number of carboxylic acids is 1. The van der Waals surface area contributed by atoms with Crippen LogP contribution in [0.1, 0.15) is 23.7 Å². The van der Waals surface area contributed by atoms with E-state index in [4.69, 9.17) is 10.8 Å². The van der Waals surface area contributed by atoms with Crippen LogP contribution in [-0.4, -0.2) is 28.5 Å². The van der Waals surface area contributed by atoms with Crippen LogP contribution in [0.5, 0.6) is 0 Å². The Morgan fingerprint density at radius 2 is 2.10 bits per heavy atom. The van der Waals surface area contributed by atoms with Gasteiger partial charge in [-0.3, -0.25) is 9.59 Å². The van der Waals surface area contributed by atoms with Gasteiger partial charge in [-0.05, 0) is 18.6 Å². The predicted molar refractivity (Wildman–Crippen MR) is 80.2 cm³/mol. The normalized spacial score (nSPS) is 12.0.